The van der Waals surface area contributed by atoms with E-state index in [0.29, 0.717) is 28.9 Å². The number of esters is 1. The fraction of sp³-hybridized carbons (Fsp3) is 0.353. The summed E-state index contributed by atoms with van der Waals surface area (Å²) in [5.74, 6) is -1.48. The highest BCUT2D eigenvalue weighted by atomic mass is 16.5. The summed E-state index contributed by atoms with van der Waals surface area (Å²) in [4.78, 5) is 39.7. The first-order chi connectivity index (χ1) is 10.6. The van der Waals surface area contributed by atoms with Crippen LogP contribution in [0.3, 0.4) is 0 Å². The summed E-state index contributed by atoms with van der Waals surface area (Å²) in [7, 11) is 1.31. The van der Waals surface area contributed by atoms with Crippen molar-refractivity contribution < 1.29 is 19.1 Å². The van der Waals surface area contributed by atoms with E-state index in [1.54, 1.807) is 24.3 Å². The monoisotopic (exact) mass is 297 g/mol. The van der Waals surface area contributed by atoms with Gasteiger partial charge in [0.2, 0.25) is 5.78 Å². The second-order valence-corrected chi connectivity index (χ2v) is 5.93. The molecule has 22 heavy (non-hydrogen) atoms. The summed E-state index contributed by atoms with van der Waals surface area (Å²) in [6.45, 7) is 0.369. The molecule has 2 aliphatic carbocycles. The van der Waals surface area contributed by atoms with Gasteiger partial charge in [-0.15, -0.1) is 0 Å². The lowest BCUT2D eigenvalue weighted by molar-refractivity contribution is -0.144. The molecule has 0 radical (unpaired) electrons. The predicted octanol–water partition coefficient (Wildman–Crippen LogP) is 1.59. The Morgan fingerprint density at radius 3 is 2.36 bits per heavy atom. The van der Waals surface area contributed by atoms with Gasteiger partial charge < -0.3 is 9.64 Å². The minimum atomic E-state index is -0.662. The summed E-state index contributed by atoms with van der Waals surface area (Å²) in [6, 6.07) is 7.07. The molecule has 1 unspecified atom stereocenters. The molecule has 1 heterocycles. The topological polar surface area (TPSA) is 63.7 Å². The first-order valence-corrected chi connectivity index (χ1v) is 7.40. The summed E-state index contributed by atoms with van der Waals surface area (Å²) in [5, 5.41) is 0. The molecule has 0 spiro atoms. The third kappa shape index (κ3) is 1.68. The zero-order valence-corrected chi connectivity index (χ0v) is 12.2. The van der Waals surface area contributed by atoms with Crippen molar-refractivity contribution in [2.75, 3.05) is 13.7 Å². The van der Waals surface area contributed by atoms with Gasteiger partial charge >= 0.3 is 5.97 Å². The molecule has 0 aromatic heterocycles. The minimum Gasteiger partial charge on any atom is -0.468 e. The maximum Gasteiger partial charge on any atom is 0.315 e. The molecule has 0 saturated heterocycles. The number of nitrogens with zero attached hydrogens (tertiary/aromatic N) is 1. The first-order valence-electron chi connectivity index (χ1n) is 7.40. The second-order valence-electron chi connectivity index (χ2n) is 5.93. The number of benzene rings is 1. The maximum atomic E-state index is 12.8. The number of rotatable bonds is 2. The quantitative estimate of drug-likeness (QED) is 0.776. The van der Waals surface area contributed by atoms with Gasteiger partial charge in [-0.3, -0.25) is 14.4 Å². The van der Waals surface area contributed by atoms with E-state index in [9.17, 15) is 14.4 Å². The molecule has 0 amide bonds. The molecule has 0 N–H and O–H groups in total. The normalized spacial score (nSPS) is 23.5. The fourth-order valence-electron chi connectivity index (χ4n) is 3.42. The molecule has 112 valence electrons. The summed E-state index contributed by atoms with van der Waals surface area (Å²) in [5.41, 5.74) is 1.56. The van der Waals surface area contributed by atoms with Gasteiger partial charge in [0.1, 0.15) is 5.92 Å². The molecular formula is C17H15NO4. The van der Waals surface area contributed by atoms with Crippen LogP contribution in [0.25, 0.3) is 0 Å². The van der Waals surface area contributed by atoms with Crippen molar-refractivity contribution >= 4 is 17.5 Å². The van der Waals surface area contributed by atoms with Crippen LogP contribution in [0.4, 0.5) is 0 Å². The van der Waals surface area contributed by atoms with Crippen molar-refractivity contribution in [3.63, 3.8) is 0 Å². The van der Waals surface area contributed by atoms with E-state index in [0.717, 1.165) is 12.8 Å². The van der Waals surface area contributed by atoms with Crippen LogP contribution < -0.4 is 0 Å². The minimum absolute atomic E-state index is 0.150. The summed E-state index contributed by atoms with van der Waals surface area (Å²) >= 11 is 0. The number of ketones is 2. The Hall–Kier alpha value is -2.43. The van der Waals surface area contributed by atoms with Crippen LogP contribution in [-0.2, 0) is 9.53 Å². The highest BCUT2D eigenvalue weighted by Gasteiger charge is 2.50. The Balaban J connectivity index is 1.88. The van der Waals surface area contributed by atoms with Crippen LogP contribution in [0.2, 0.25) is 0 Å². The molecule has 1 fully saturated rings. The van der Waals surface area contributed by atoms with Gasteiger partial charge in [-0.2, -0.15) is 0 Å². The van der Waals surface area contributed by atoms with Gasteiger partial charge in [-0.05, 0) is 12.8 Å². The molecule has 1 aliphatic heterocycles. The number of allylic oxidation sites excluding steroid dienone is 1. The largest absolute Gasteiger partial charge is 0.468 e. The van der Waals surface area contributed by atoms with Crippen LogP contribution >= 0.6 is 0 Å². The third-order valence-corrected chi connectivity index (χ3v) is 4.62. The molecule has 1 atom stereocenters. The van der Waals surface area contributed by atoms with Gasteiger partial charge in [0.25, 0.3) is 0 Å². The second kappa shape index (κ2) is 4.53. The van der Waals surface area contributed by atoms with Crippen molar-refractivity contribution in [3.05, 3.63) is 46.7 Å². The van der Waals surface area contributed by atoms with Crippen molar-refractivity contribution in [3.8, 4) is 0 Å². The predicted molar refractivity (Wildman–Crippen MR) is 77.4 cm³/mol. The summed E-state index contributed by atoms with van der Waals surface area (Å²) < 4.78 is 4.84. The van der Waals surface area contributed by atoms with Gasteiger partial charge in [0.05, 0.1) is 12.8 Å². The number of hydrogen-bond donors (Lipinski definition) is 0. The van der Waals surface area contributed by atoms with Crippen molar-refractivity contribution in [2.24, 2.45) is 5.92 Å². The van der Waals surface area contributed by atoms with Crippen LogP contribution in [0.15, 0.2) is 35.5 Å². The third-order valence-electron chi connectivity index (χ3n) is 4.62. The number of Topliss-reactive ketones (excluding diaryl/α,β-unsaturated/α-hetero) is 2. The lowest BCUT2D eigenvalue weighted by atomic mass is 9.83. The van der Waals surface area contributed by atoms with Crippen LogP contribution in [0.5, 0.6) is 0 Å². The van der Waals surface area contributed by atoms with Crippen molar-refractivity contribution in [1.82, 2.24) is 4.90 Å². The van der Waals surface area contributed by atoms with E-state index >= 15 is 0 Å². The standard InChI is InChI=1S/C17H15NO4/c1-22-17(21)12-8-18(9-6-7-9)14-13(12)15(19)10-4-2-3-5-11(10)16(14)20/h2-5,9,12H,6-8H2,1H3. The number of fused-ring (bicyclic) bond motifs is 1. The number of ether oxygens (including phenoxy) is 1. The SMILES string of the molecule is COC(=O)C1CN(C2CC2)C2=C1C(=O)c1ccccc1C2=O. The average Bonchev–Trinajstić information content (AvgIpc) is 3.31. The molecule has 5 nitrogen and oxygen atoms in total. The number of methoxy groups -OCH3 is 1. The molecule has 1 aromatic rings. The van der Waals surface area contributed by atoms with E-state index in [2.05, 4.69) is 0 Å². The van der Waals surface area contributed by atoms with Crippen LogP contribution in [-0.4, -0.2) is 42.1 Å². The lowest BCUT2D eigenvalue weighted by Gasteiger charge is -2.23. The van der Waals surface area contributed by atoms with E-state index in [1.165, 1.54) is 7.11 Å². The highest BCUT2D eigenvalue weighted by Crippen LogP contribution is 2.43. The van der Waals surface area contributed by atoms with Gasteiger partial charge in [-0.1, -0.05) is 24.3 Å². The van der Waals surface area contributed by atoms with Crippen molar-refractivity contribution in [2.45, 2.75) is 18.9 Å². The Morgan fingerprint density at radius 2 is 1.77 bits per heavy atom. The fourth-order valence-corrected chi connectivity index (χ4v) is 3.42. The van der Waals surface area contributed by atoms with Gasteiger partial charge in [0, 0.05) is 29.3 Å². The molecule has 5 heteroatoms. The van der Waals surface area contributed by atoms with E-state index in [1.807, 2.05) is 4.90 Å². The molecule has 1 aromatic carbocycles. The zero-order chi connectivity index (χ0) is 15.4. The van der Waals surface area contributed by atoms with Crippen molar-refractivity contribution in [1.29, 1.82) is 0 Å². The number of carbonyl (C=O) groups excluding carboxylic acids is 3. The Morgan fingerprint density at radius 1 is 1.14 bits per heavy atom. The van der Waals surface area contributed by atoms with E-state index in [-0.39, 0.29) is 17.6 Å². The Bertz CT molecular complexity index is 745. The van der Waals surface area contributed by atoms with Gasteiger partial charge in [0.15, 0.2) is 5.78 Å². The molecular weight excluding hydrogens is 282 g/mol. The average molecular weight is 297 g/mol. The molecule has 4 rings (SSSR count). The first kappa shape index (κ1) is 13.2. The van der Waals surface area contributed by atoms with Crippen LogP contribution in [0.1, 0.15) is 33.6 Å². The summed E-state index contributed by atoms with van der Waals surface area (Å²) in [6.07, 6.45) is 1.99. The van der Waals surface area contributed by atoms with Crippen LogP contribution in [0, 0.1) is 5.92 Å². The Labute approximate surface area is 127 Å². The maximum absolute atomic E-state index is 12.8. The molecule has 1 saturated carbocycles. The van der Waals surface area contributed by atoms with E-state index in [4.69, 9.17) is 4.74 Å². The molecule has 3 aliphatic rings. The number of carbonyl (C=O) groups is 3. The number of hydrogen-bond acceptors (Lipinski definition) is 5. The van der Waals surface area contributed by atoms with Gasteiger partial charge in [-0.25, -0.2) is 0 Å². The molecule has 0 bridgehead atoms. The highest BCUT2D eigenvalue weighted by molar-refractivity contribution is 6.28. The zero-order valence-electron chi connectivity index (χ0n) is 12.2. The Kier molecular flexibility index (Phi) is 2.73. The smallest absolute Gasteiger partial charge is 0.315 e. The lowest BCUT2D eigenvalue weighted by Crippen LogP contribution is -2.30. The van der Waals surface area contributed by atoms with E-state index < -0.39 is 11.9 Å².